The van der Waals surface area contributed by atoms with Crippen molar-refractivity contribution in [1.82, 2.24) is 4.57 Å². The molecule has 0 unspecified atom stereocenters. The molecule has 5 rings (SSSR count). The van der Waals surface area contributed by atoms with E-state index in [1.807, 2.05) is 16.4 Å². The molecule has 1 saturated heterocycles. The van der Waals surface area contributed by atoms with Crippen LogP contribution in [0.5, 0.6) is 0 Å². The SMILES string of the molecule is Cc1c(N2CC(O)(C3CC3)C2)c(F)cc2c(CN)cc(=O)n(C3CC3)c12. The summed E-state index contributed by atoms with van der Waals surface area (Å²) in [5, 5.41) is 11.4. The van der Waals surface area contributed by atoms with E-state index in [2.05, 4.69) is 0 Å². The molecule has 2 aromatic rings. The highest BCUT2D eigenvalue weighted by molar-refractivity contribution is 5.90. The van der Waals surface area contributed by atoms with Crippen molar-refractivity contribution in [2.75, 3.05) is 18.0 Å². The molecule has 3 N–H and O–H groups in total. The highest BCUT2D eigenvalue weighted by Gasteiger charge is 2.52. The third-order valence-corrected chi connectivity index (χ3v) is 6.30. The molecule has 0 amide bonds. The molecule has 26 heavy (non-hydrogen) atoms. The van der Waals surface area contributed by atoms with Crippen LogP contribution in [0, 0.1) is 18.7 Å². The second-order valence-corrected chi connectivity index (χ2v) is 8.28. The number of nitrogens with two attached hydrogens (primary N) is 1. The van der Waals surface area contributed by atoms with Gasteiger partial charge in [-0.2, -0.15) is 0 Å². The van der Waals surface area contributed by atoms with Crippen molar-refractivity contribution in [3.8, 4) is 0 Å². The molecule has 138 valence electrons. The summed E-state index contributed by atoms with van der Waals surface area (Å²) in [6, 6.07) is 3.27. The fourth-order valence-electron chi connectivity index (χ4n) is 4.62. The molecule has 2 saturated carbocycles. The third-order valence-electron chi connectivity index (χ3n) is 6.30. The number of fused-ring (bicyclic) bond motifs is 1. The van der Waals surface area contributed by atoms with Crippen LogP contribution in [0.4, 0.5) is 10.1 Å². The van der Waals surface area contributed by atoms with Gasteiger partial charge in [-0.05, 0) is 55.7 Å². The third kappa shape index (κ3) is 2.25. The van der Waals surface area contributed by atoms with Gasteiger partial charge < -0.3 is 20.3 Å². The number of rotatable bonds is 4. The summed E-state index contributed by atoms with van der Waals surface area (Å²) in [5.41, 5.74) is 7.88. The van der Waals surface area contributed by atoms with Crippen molar-refractivity contribution < 1.29 is 9.50 Å². The normalized spacial score (nSPS) is 21.9. The summed E-state index contributed by atoms with van der Waals surface area (Å²) in [4.78, 5) is 14.6. The Kier molecular flexibility index (Phi) is 3.32. The smallest absolute Gasteiger partial charge is 0.251 e. The fourth-order valence-corrected chi connectivity index (χ4v) is 4.62. The van der Waals surface area contributed by atoms with E-state index >= 15 is 4.39 Å². The summed E-state index contributed by atoms with van der Waals surface area (Å²) in [6.45, 7) is 3.02. The minimum Gasteiger partial charge on any atom is -0.386 e. The van der Waals surface area contributed by atoms with Gasteiger partial charge in [-0.1, -0.05) is 0 Å². The van der Waals surface area contributed by atoms with Gasteiger partial charge in [0.15, 0.2) is 0 Å². The lowest BCUT2D eigenvalue weighted by Crippen LogP contribution is -2.63. The van der Waals surface area contributed by atoms with Gasteiger partial charge >= 0.3 is 0 Å². The Balaban J connectivity index is 1.68. The van der Waals surface area contributed by atoms with Gasteiger partial charge in [0, 0.05) is 37.1 Å². The molecule has 0 atom stereocenters. The Morgan fingerprint density at radius 3 is 2.54 bits per heavy atom. The summed E-state index contributed by atoms with van der Waals surface area (Å²) >= 11 is 0. The van der Waals surface area contributed by atoms with Crippen molar-refractivity contribution in [1.29, 1.82) is 0 Å². The first-order chi connectivity index (χ1) is 12.4. The largest absolute Gasteiger partial charge is 0.386 e. The van der Waals surface area contributed by atoms with Crippen LogP contribution in [0.3, 0.4) is 0 Å². The molecule has 3 aliphatic rings. The quantitative estimate of drug-likeness (QED) is 0.880. The van der Waals surface area contributed by atoms with Crippen LogP contribution in [0.25, 0.3) is 10.9 Å². The number of aromatic nitrogens is 1. The first-order valence-corrected chi connectivity index (χ1v) is 9.47. The monoisotopic (exact) mass is 357 g/mol. The zero-order valence-corrected chi connectivity index (χ0v) is 15.0. The molecule has 1 aromatic carbocycles. The Bertz CT molecular complexity index is 969. The number of aliphatic hydroxyl groups is 1. The maximum Gasteiger partial charge on any atom is 0.251 e. The Morgan fingerprint density at radius 2 is 1.96 bits per heavy atom. The number of pyridine rings is 1. The zero-order valence-electron chi connectivity index (χ0n) is 15.0. The number of anilines is 1. The van der Waals surface area contributed by atoms with E-state index in [-0.39, 0.29) is 24.0 Å². The van der Waals surface area contributed by atoms with Crippen LogP contribution in [0.1, 0.15) is 42.9 Å². The van der Waals surface area contributed by atoms with E-state index in [1.165, 1.54) is 6.07 Å². The van der Waals surface area contributed by atoms with Gasteiger partial charge in [-0.25, -0.2) is 4.39 Å². The Labute approximate surface area is 151 Å². The number of hydrogen-bond acceptors (Lipinski definition) is 4. The fraction of sp³-hybridized carbons (Fsp3) is 0.550. The number of hydrogen-bond donors (Lipinski definition) is 2. The summed E-state index contributed by atoms with van der Waals surface area (Å²) in [6.07, 6.45) is 4.08. The standard InChI is InChI=1S/C20H24FN3O2/c1-11-18-15(12(8-22)6-17(25)24(18)14-4-5-14)7-16(21)19(11)23-9-20(26,10-23)13-2-3-13/h6-7,13-14,26H,2-5,8-10,22H2,1H3. The molecule has 5 nitrogen and oxygen atoms in total. The van der Waals surface area contributed by atoms with Gasteiger partial charge in [0.25, 0.3) is 5.56 Å². The van der Waals surface area contributed by atoms with Crippen LogP contribution >= 0.6 is 0 Å². The van der Waals surface area contributed by atoms with Crippen molar-refractivity contribution in [2.24, 2.45) is 11.7 Å². The molecule has 1 aliphatic heterocycles. The number of β-amino-alcohol motifs (C(OH)–C–C–N with tert-alkyl or cyclic N) is 1. The first kappa shape index (κ1) is 16.3. The molecule has 6 heteroatoms. The molecule has 0 radical (unpaired) electrons. The van der Waals surface area contributed by atoms with E-state index in [4.69, 9.17) is 5.73 Å². The van der Waals surface area contributed by atoms with E-state index < -0.39 is 5.60 Å². The lowest BCUT2D eigenvalue weighted by atomic mass is 9.87. The van der Waals surface area contributed by atoms with E-state index in [1.54, 1.807) is 6.07 Å². The zero-order chi connectivity index (χ0) is 18.2. The van der Waals surface area contributed by atoms with Crippen molar-refractivity contribution in [2.45, 2.75) is 50.8 Å². The van der Waals surface area contributed by atoms with Crippen LogP contribution in [-0.4, -0.2) is 28.4 Å². The van der Waals surface area contributed by atoms with Crippen molar-refractivity contribution in [3.05, 3.63) is 39.4 Å². The van der Waals surface area contributed by atoms with Gasteiger partial charge in [0.05, 0.1) is 11.2 Å². The van der Waals surface area contributed by atoms with Crippen LogP contribution in [-0.2, 0) is 6.54 Å². The van der Waals surface area contributed by atoms with Gasteiger partial charge in [0.2, 0.25) is 0 Å². The molecule has 2 aliphatic carbocycles. The molecule has 0 spiro atoms. The molecular weight excluding hydrogens is 333 g/mol. The molecule has 0 bridgehead atoms. The van der Waals surface area contributed by atoms with E-state index in [0.717, 1.165) is 42.1 Å². The second-order valence-electron chi connectivity index (χ2n) is 8.28. The Morgan fingerprint density at radius 1 is 1.27 bits per heavy atom. The molecule has 2 heterocycles. The second kappa shape index (κ2) is 5.30. The minimum absolute atomic E-state index is 0.0563. The molecule has 3 fully saturated rings. The highest BCUT2D eigenvalue weighted by atomic mass is 19.1. The van der Waals surface area contributed by atoms with Crippen molar-refractivity contribution in [3.63, 3.8) is 0 Å². The number of nitrogens with zero attached hydrogens (tertiary/aromatic N) is 2. The van der Waals surface area contributed by atoms with Crippen molar-refractivity contribution >= 4 is 16.6 Å². The average Bonchev–Trinajstić information content (AvgIpc) is 3.45. The summed E-state index contributed by atoms with van der Waals surface area (Å²) < 4.78 is 16.9. The van der Waals surface area contributed by atoms with E-state index in [0.29, 0.717) is 30.3 Å². The Hall–Kier alpha value is -1.92. The van der Waals surface area contributed by atoms with Crippen LogP contribution in [0.2, 0.25) is 0 Å². The lowest BCUT2D eigenvalue weighted by molar-refractivity contribution is -0.00966. The van der Waals surface area contributed by atoms with Crippen LogP contribution < -0.4 is 16.2 Å². The topological polar surface area (TPSA) is 71.5 Å². The van der Waals surface area contributed by atoms with E-state index in [9.17, 15) is 9.90 Å². The maximum absolute atomic E-state index is 15.0. The molecule has 1 aromatic heterocycles. The van der Waals surface area contributed by atoms with Crippen LogP contribution in [0.15, 0.2) is 16.9 Å². The predicted octanol–water partition coefficient (Wildman–Crippen LogP) is 2.20. The first-order valence-electron chi connectivity index (χ1n) is 9.47. The maximum atomic E-state index is 15.0. The summed E-state index contributed by atoms with van der Waals surface area (Å²) in [7, 11) is 0. The number of halogens is 1. The minimum atomic E-state index is -0.677. The van der Waals surface area contributed by atoms with Gasteiger partial charge in [0.1, 0.15) is 11.4 Å². The number of aryl methyl sites for hydroxylation is 1. The van der Waals surface area contributed by atoms with Gasteiger partial charge in [-0.15, -0.1) is 0 Å². The lowest BCUT2D eigenvalue weighted by Gasteiger charge is -2.49. The molecular formula is C20H24FN3O2. The summed E-state index contributed by atoms with van der Waals surface area (Å²) in [5.74, 6) is 0.0552. The average molecular weight is 357 g/mol. The highest BCUT2D eigenvalue weighted by Crippen LogP contribution is 2.47. The van der Waals surface area contributed by atoms with Gasteiger partial charge in [-0.3, -0.25) is 4.79 Å². The predicted molar refractivity (Wildman–Crippen MR) is 99.0 cm³/mol. The number of benzene rings is 1.